The first-order valence-corrected chi connectivity index (χ1v) is 7.99. The number of nitrogens with one attached hydrogen (secondary N) is 1. The van der Waals surface area contributed by atoms with Gasteiger partial charge >= 0.3 is 0 Å². The maximum atomic E-state index is 6.18. The second-order valence-electron chi connectivity index (χ2n) is 4.38. The maximum absolute atomic E-state index is 6.18. The van der Waals surface area contributed by atoms with Crippen molar-refractivity contribution >= 4 is 35.0 Å². The van der Waals surface area contributed by atoms with E-state index < -0.39 is 0 Å². The van der Waals surface area contributed by atoms with Gasteiger partial charge in [-0.3, -0.25) is 0 Å². The third kappa shape index (κ3) is 4.13. The lowest BCUT2D eigenvalue weighted by atomic mass is 10.1. The molecule has 1 atom stereocenters. The number of halogens is 2. The Bertz CT molecular complexity index is 590. The molecule has 0 saturated carbocycles. The molecule has 0 aliphatic rings. The van der Waals surface area contributed by atoms with Gasteiger partial charge in [-0.2, -0.15) is 0 Å². The summed E-state index contributed by atoms with van der Waals surface area (Å²) < 4.78 is 0. The Hall–Kier alpha value is -0.740. The lowest BCUT2D eigenvalue weighted by molar-refractivity contribution is 0.596. The van der Waals surface area contributed by atoms with Crippen LogP contribution in [0.2, 0.25) is 10.0 Å². The molecule has 1 heterocycles. The average Bonchev–Trinajstić information content (AvgIpc) is 2.43. The van der Waals surface area contributed by atoms with E-state index in [1.165, 1.54) is 17.3 Å². The molecule has 2 nitrogen and oxygen atoms in total. The number of benzene rings is 1. The fraction of sp³-hybridized carbons (Fsp3) is 0.267. The van der Waals surface area contributed by atoms with Crippen LogP contribution in [0.1, 0.15) is 25.5 Å². The Morgan fingerprint density at radius 3 is 2.80 bits per heavy atom. The van der Waals surface area contributed by atoms with Crippen molar-refractivity contribution in [2.75, 3.05) is 6.54 Å². The molecule has 0 fully saturated rings. The number of hydrogen-bond donors (Lipinski definition) is 1. The highest BCUT2D eigenvalue weighted by atomic mass is 35.5. The minimum Gasteiger partial charge on any atom is -0.310 e. The van der Waals surface area contributed by atoms with Crippen LogP contribution in [0.5, 0.6) is 0 Å². The van der Waals surface area contributed by atoms with Crippen LogP contribution in [-0.2, 0) is 0 Å². The van der Waals surface area contributed by atoms with Crippen LogP contribution in [0.25, 0.3) is 0 Å². The molecule has 20 heavy (non-hydrogen) atoms. The summed E-state index contributed by atoms with van der Waals surface area (Å²) in [7, 11) is 0. The van der Waals surface area contributed by atoms with Crippen molar-refractivity contribution in [2.45, 2.75) is 29.8 Å². The van der Waals surface area contributed by atoms with Crippen molar-refractivity contribution in [3.05, 3.63) is 52.1 Å². The quantitative estimate of drug-likeness (QED) is 0.816. The van der Waals surface area contributed by atoms with Gasteiger partial charge in [0.25, 0.3) is 0 Å². The van der Waals surface area contributed by atoms with Gasteiger partial charge in [-0.25, -0.2) is 4.98 Å². The van der Waals surface area contributed by atoms with Crippen LogP contribution >= 0.6 is 35.0 Å². The molecule has 0 spiro atoms. The third-order valence-electron chi connectivity index (χ3n) is 2.88. The fourth-order valence-electron chi connectivity index (χ4n) is 1.84. The number of hydrogen-bond acceptors (Lipinski definition) is 3. The molecule has 1 aromatic heterocycles. The molecule has 1 aromatic carbocycles. The topological polar surface area (TPSA) is 24.9 Å². The summed E-state index contributed by atoms with van der Waals surface area (Å²) >= 11 is 13.7. The second kappa shape index (κ2) is 7.32. The monoisotopic (exact) mass is 326 g/mol. The van der Waals surface area contributed by atoms with E-state index in [0.29, 0.717) is 16.1 Å². The van der Waals surface area contributed by atoms with E-state index in [1.54, 1.807) is 12.1 Å². The molecule has 106 valence electrons. The molecule has 0 saturated heterocycles. The third-order valence-corrected chi connectivity index (χ3v) is 4.54. The first-order chi connectivity index (χ1) is 9.60. The van der Waals surface area contributed by atoms with Gasteiger partial charge in [0.1, 0.15) is 5.03 Å². The Labute approximate surface area is 133 Å². The summed E-state index contributed by atoms with van der Waals surface area (Å²) in [5.74, 6) is 0. The van der Waals surface area contributed by atoms with Gasteiger partial charge in [0.05, 0.1) is 5.02 Å². The molecule has 2 rings (SSSR count). The van der Waals surface area contributed by atoms with E-state index in [0.717, 1.165) is 16.5 Å². The first kappa shape index (κ1) is 15.6. The largest absolute Gasteiger partial charge is 0.310 e. The predicted molar refractivity (Wildman–Crippen MR) is 86.9 cm³/mol. The van der Waals surface area contributed by atoms with E-state index >= 15 is 0 Å². The molecule has 5 heteroatoms. The summed E-state index contributed by atoms with van der Waals surface area (Å²) in [6.07, 6.45) is 1.82. The van der Waals surface area contributed by atoms with Crippen LogP contribution < -0.4 is 5.32 Å². The van der Waals surface area contributed by atoms with Gasteiger partial charge in [0, 0.05) is 22.2 Å². The normalized spacial score (nSPS) is 12.4. The van der Waals surface area contributed by atoms with Crippen molar-refractivity contribution < 1.29 is 0 Å². The molecule has 0 aliphatic heterocycles. The standard InChI is InChI=1S/C15H16Cl2N2S/c1-3-18-10(2)11-6-7-19-15(8-11)20-14-9-12(16)4-5-13(14)17/h4-10,18H,3H2,1-2H3. The summed E-state index contributed by atoms with van der Waals surface area (Å²) in [4.78, 5) is 5.30. The second-order valence-corrected chi connectivity index (χ2v) is 6.29. The summed E-state index contributed by atoms with van der Waals surface area (Å²) in [5, 5.41) is 5.66. The van der Waals surface area contributed by atoms with Crippen LogP contribution in [0.4, 0.5) is 0 Å². The van der Waals surface area contributed by atoms with Crippen molar-refractivity contribution in [3.8, 4) is 0 Å². The zero-order valence-electron chi connectivity index (χ0n) is 11.4. The van der Waals surface area contributed by atoms with E-state index in [9.17, 15) is 0 Å². The van der Waals surface area contributed by atoms with E-state index in [-0.39, 0.29) is 0 Å². The van der Waals surface area contributed by atoms with E-state index in [1.807, 2.05) is 18.3 Å². The summed E-state index contributed by atoms with van der Waals surface area (Å²) in [6, 6.07) is 9.85. The highest BCUT2D eigenvalue weighted by Crippen LogP contribution is 2.34. The van der Waals surface area contributed by atoms with Crippen LogP contribution in [0.15, 0.2) is 46.5 Å². The Balaban J connectivity index is 2.21. The van der Waals surface area contributed by atoms with Gasteiger partial charge in [-0.1, -0.05) is 41.9 Å². The minimum absolute atomic E-state index is 0.303. The molecular weight excluding hydrogens is 311 g/mol. The molecule has 1 unspecified atom stereocenters. The van der Waals surface area contributed by atoms with Gasteiger partial charge in [-0.05, 0) is 49.4 Å². The molecule has 1 N–H and O–H groups in total. The first-order valence-electron chi connectivity index (χ1n) is 6.42. The fourth-order valence-corrected chi connectivity index (χ4v) is 3.20. The smallest absolute Gasteiger partial charge is 0.101 e. The van der Waals surface area contributed by atoms with Gasteiger partial charge in [0.2, 0.25) is 0 Å². The van der Waals surface area contributed by atoms with Crippen molar-refractivity contribution in [3.63, 3.8) is 0 Å². The van der Waals surface area contributed by atoms with Gasteiger partial charge < -0.3 is 5.32 Å². The number of nitrogens with zero attached hydrogens (tertiary/aromatic N) is 1. The minimum atomic E-state index is 0.303. The lowest BCUT2D eigenvalue weighted by Gasteiger charge is -2.13. The molecular formula is C15H16Cl2N2S. The molecule has 0 aliphatic carbocycles. The van der Waals surface area contributed by atoms with Crippen LogP contribution in [0, 0.1) is 0 Å². The molecule has 0 radical (unpaired) electrons. The molecule has 2 aromatic rings. The van der Waals surface area contributed by atoms with Crippen LogP contribution in [0.3, 0.4) is 0 Å². The zero-order valence-corrected chi connectivity index (χ0v) is 13.7. The Kier molecular flexibility index (Phi) is 5.73. The van der Waals surface area contributed by atoms with Crippen molar-refractivity contribution in [2.24, 2.45) is 0 Å². The number of rotatable bonds is 5. The summed E-state index contributed by atoms with van der Waals surface area (Å²) in [5.41, 5.74) is 1.21. The molecule has 0 bridgehead atoms. The zero-order chi connectivity index (χ0) is 14.5. The molecule has 0 amide bonds. The average molecular weight is 327 g/mol. The predicted octanol–water partition coefficient (Wildman–Crippen LogP) is 5.21. The van der Waals surface area contributed by atoms with Gasteiger partial charge in [-0.15, -0.1) is 0 Å². The highest BCUT2D eigenvalue weighted by molar-refractivity contribution is 7.99. The lowest BCUT2D eigenvalue weighted by Crippen LogP contribution is -2.17. The Morgan fingerprint density at radius 2 is 2.05 bits per heavy atom. The van der Waals surface area contributed by atoms with Crippen molar-refractivity contribution in [1.29, 1.82) is 0 Å². The number of pyridine rings is 1. The van der Waals surface area contributed by atoms with E-state index in [4.69, 9.17) is 23.2 Å². The maximum Gasteiger partial charge on any atom is 0.101 e. The Morgan fingerprint density at radius 1 is 1.25 bits per heavy atom. The summed E-state index contributed by atoms with van der Waals surface area (Å²) in [6.45, 7) is 5.17. The highest BCUT2D eigenvalue weighted by Gasteiger charge is 2.08. The SMILES string of the molecule is CCNC(C)c1ccnc(Sc2cc(Cl)ccc2Cl)c1. The van der Waals surface area contributed by atoms with Gasteiger partial charge in [0.15, 0.2) is 0 Å². The van der Waals surface area contributed by atoms with Crippen molar-refractivity contribution in [1.82, 2.24) is 10.3 Å². The van der Waals surface area contributed by atoms with E-state index in [2.05, 4.69) is 30.2 Å². The number of aromatic nitrogens is 1. The van der Waals surface area contributed by atoms with Crippen LogP contribution in [-0.4, -0.2) is 11.5 Å².